The van der Waals surface area contributed by atoms with Gasteiger partial charge in [0.05, 0.1) is 15.6 Å². The van der Waals surface area contributed by atoms with Gasteiger partial charge in [-0.05, 0) is 42.3 Å². The third-order valence-electron chi connectivity index (χ3n) is 4.61. The number of anilines is 2. The zero-order valence-electron chi connectivity index (χ0n) is 17.1. The Hall–Kier alpha value is -3.42. The molecule has 1 heterocycles. The molecule has 2 aromatic carbocycles. The molecular weight excluding hydrogens is 451 g/mol. The zero-order chi connectivity index (χ0) is 23.1. The molecule has 1 atom stereocenters. The summed E-state index contributed by atoms with van der Waals surface area (Å²) < 4.78 is 0. The van der Waals surface area contributed by atoms with Gasteiger partial charge in [0.25, 0.3) is 5.91 Å². The average molecular weight is 471 g/mol. The molecule has 0 saturated heterocycles. The first-order valence-corrected chi connectivity index (χ1v) is 10.4. The van der Waals surface area contributed by atoms with Crippen molar-refractivity contribution >= 4 is 52.8 Å². The topological polar surface area (TPSA) is 95.4 Å². The molecule has 7 nitrogen and oxygen atoms in total. The number of carbonyl (C=O) groups is 2. The van der Waals surface area contributed by atoms with Crippen molar-refractivity contribution in [2.24, 2.45) is 0 Å². The SMILES string of the molecule is CN(c1ccc(/C=C/C[C@H](NC(=O)c2c(Cl)cccc2Cl)C(=O)O)cc1)c1ncccn1. The maximum absolute atomic E-state index is 12.5. The van der Waals surface area contributed by atoms with E-state index in [1.165, 1.54) is 12.1 Å². The molecule has 32 heavy (non-hydrogen) atoms. The van der Waals surface area contributed by atoms with Gasteiger partial charge in [0.1, 0.15) is 6.04 Å². The van der Waals surface area contributed by atoms with Gasteiger partial charge in [-0.1, -0.05) is 53.6 Å². The van der Waals surface area contributed by atoms with Crippen LogP contribution in [0.15, 0.2) is 67.0 Å². The van der Waals surface area contributed by atoms with Gasteiger partial charge in [-0.2, -0.15) is 0 Å². The van der Waals surface area contributed by atoms with Crippen LogP contribution in [0.3, 0.4) is 0 Å². The summed E-state index contributed by atoms with van der Waals surface area (Å²) >= 11 is 12.1. The Morgan fingerprint density at radius 2 is 1.69 bits per heavy atom. The van der Waals surface area contributed by atoms with Gasteiger partial charge in [-0.25, -0.2) is 14.8 Å². The highest BCUT2D eigenvalue weighted by Gasteiger charge is 2.22. The van der Waals surface area contributed by atoms with Gasteiger partial charge in [0, 0.05) is 25.1 Å². The Morgan fingerprint density at radius 3 is 2.28 bits per heavy atom. The van der Waals surface area contributed by atoms with Crippen LogP contribution in [-0.2, 0) is 4.79 Å². The molecule has 0 spiro atoms. The number of hydrogen-bond acceptors (Lipinski definition) is 5. The molecule has 1 aromatic heterocycles. The number of aromatic nitrogens is 2. The molecule has 3 aromatic rings. The van der Waals surface area contributed by atoms with Gasteiger partial charge in [-0.3, -0.25) is 4.79 Å². The number of carboxylic acids is 1. The fourth-order valence-electron chi connectivity index (χ4n) is 2.90. The molecule has 0 aliphatic carbocycles. The van der Waals surface area contributed by atoms with Crippen LogP contribution in [0.2, 0.25) is 10.0 Å². The van der Waals surface area contributed by atoms with Gasteiger partial charge in [0.15, 0.2) is 0 Å². The van der Waals surface area contributed by atoms with Crippen LogP contribution in [0.5, 0.6) is 0 Å². The van der Waals surface area contributed by atoms with Gasteiger partial charge in [0.2, 0.25) is 5.95 Å². The highest BCUT2D eigenvalue weighted by molar-refractivity contribution is 6.39. The summed E-state index contributed by atoms with van der Waals surface area (Å²) in [6.45, 7) is 0. The number of carboxylic acid groups (broad SMARTS) is 1. The number of halogens is 2. The first-order chi connectivity index (χ1) is 15.4. The number of carbonyl (C=O) groups excluding carboxylic acids is 1. The minimum Gasteiger partial charge on any atom is -0.480 e. The monoisotopic (exact) mass is 470 g/mol. The van der Waals surface area contributed by atoms with E-state index in [4.69, 9.17) is 23.2 Å². The summed E-state index contributed by atoms with van der Waals surface area (Å²) in [5.41, 5.74) is 1.83. The third kappa shape index (κ3) is 5.84. The lowest BCUT2D eigenvalue weighted by molar-refractivity contribution is -0.139. The van der Waals surface area contributed by atoms with E-state index in [2.05, 4.69) is 15.3 Å². The lowest BCUT2D eigenvalue weighted by atomic mass is 10.1. The van der Waals surface area contributed by atoms with Crippen molar-refractivity contribution < 1.29 is 14.7 Å². The summed E-state index contributed by atoms with van der Waals surface area (Å²) in [7, 11) is 1.87. The van der Waals surface area contributed by atoms with Crippen molar-refractivity contribution in [2.75, 3.05) is 11.9 Å². The second-order valence-corrected chi connectivity index (χ2v) is 7.61. The smallest absolute Gasteiger partial charge is 0.326 e. The molecule has 0 aliphatic heterocycles. The Balaban J connectivity index is 1.64. The normalized spacial score (nSPS) is 11.8. The Bertz CT molecular complexity index is 1100. The first kappa shape index (κ1) is 23.2. The second kappa shape index (κ2) is 10.7. The Morgan fingerprint density at radius 1 is 1.06 bits per heavy atom. The molecule has 0 aliphatic rings. The van der Waals surface area contributed by atoms with Crippen LogP contribution >= 0.6 is 23.2 Å². The second-order valence-electron chi connectivity index (χ2n) is 6.80. The lowest BCUT2D eigenvalue weighted by Crippen LogP contribution is -2.40. The summed E-state index contributed by atoms with van der Waals surface area (Å²) in [6, 6.07) is 12.9. The number of nitrogens with one attached hydrogen (secondary N) is 1. The standard InChI is InChI=1S/C23H20Cl2N4O3/c1-29(23-26-13-4-14-27-23)16-11-9-15(10-12-16)5-2-8-19(22(31)32)28-21(30)20-17(24)6-3-7-18(20)25/h2-7,9-14,19H,8H2,1H3,(H,28,30)(H,31,32)/b5-2+/t19-/m0/s1. The molecule has 0 unspecified atom stereocenters. The minimum absolute atomic E-state index is 0.0492. The lowest BCUT2D eigenvalue weighted by Gasteiger charge is -2.16. The molecule has 0 fully saturated rings. The highest BCUT2D eigenvalue weighted by Crippen LogP contribution is 2.24. The van der Waals surface area contributed by atoms with Crippen LogP contribution in [-0.4, -0.2) is 40.0 Å². The van der Waals surface area contributed by atoms with Crippen LogP contribution in [0.25, 0.3) is 6.08 Å². The van der Waals surface area contributed by atoms with E-state index in [1.807, 2.05) is 36.2 Å². The van der Waals surface area contributed by atoms with E-state index in [0.29, 0.717) is 5.95 Å². The van der Waals surface area contributed by atoms with E-state index in [0.717, 1.165) is 11.3 Å². The number of benzene rings is 2. The molecule has 2 N–H and O–H groups in total. The van der Waals surface area contributed by atoms with E-state index < -0.39 is 17.9 Å². The Kier molecular flexibility index (Phi) is 7.81. The minimum atomic E-state index is -1.16. The molecular formula is C23H20Cl2N4O3. The molecule has 164 valence electrons. The van der Waals surface area contributed by atoms with Crippen molar-refractivity contribution in [3.63, 3.8) is 0 Å². The molecule has 0 saturated carbocycles. The average Bonchev–Trinajstić information content (AvgIpc) is 2.78. The van der Waals surface area contributed by atoms with Crippen molar-refractivity contribution in [1.29, 1.82) is 0 Å². The van der Waals surface area contributed by atoms with Crippen LogP contribution in [0.4, 0.5) is 11.6 Å². The highest BCUT2D eigenvalue weighted by atomic mass is 35.5. The molecule has 1 amide bonds. The summed E-state index contributed by atoms with van der Waals surface area (Å²) in [4.78, 5) is 34.3. The maximum atomic E-state index is 12.5. The van der Waals surface area contributed by atoms with Gasteiger partial charge >= 0.3 is 5.97 Å². The van der Waals surface area contributed by atoms with Gasteiger partial charge in [-0.15, -0.1) is 0 Å². The van der Waals surface area contributed by atoms with Crippen LogP contribution in [0.1, 0.15) is 22.3 Å². The predicted octanol–water partition coefficient (Wildman–Crippen LogP) is 4.84. The van der Waals surface area contributed by atoms with E-state index in [1.54, 1.807) is 36.7 Å². The summed E-state index contributed by atoms with van der Waals surface area (Å²) in [5.74, 6) is -1.22. The summed E-state index contributed by atoms with van der Waals surface area (Å²) in [6.07, 6.45) is 6.91. The van der Waals surface area contributed by atoms with Crippen molar-refractivity contribution in [3.05, 3.63) is 88.2 Å². The molecule has 0 radical (unpaired) electrons. The maximum Gasteiger partial charge on any atom is 0.326 e. The van der Waals surface area contributed by atoms with Crippen molar-refractivity contribution in [2.45, 2.75) is 12.5 Å². The van der Waals surface area contributed by atoms with E-state index in [9.17, 15) is 14.7 Å². The number of rotatable bonds is 8. The largest absolute Gasteiger partial charge is 0.480 e. The fourth-order valence-corrected chi connectivity index (χ4v) is 3.46. The number of amides is 1. The summed E-state index contributed by atoms with van der Waals surface area (Å²) in [5, 5.41) is 12.2. The number of nitrogens with zero attached hydrogens (tertiary/aromatic N) is 3. The van der Waals surface area contributed by atoms with E-state index >= 15 is 0 Å². The van der Waals surface area contributed by atoms with Crippen LogP contribution < -0.4 is 10.2 Å². The predicted molar refractivity (Wildman–Crippen MR) is 126 cm³/mol. The Labute approximate surface area is 195 Å². The van der Waals surface area contributed by atoms with Gasteiger partial charge < -0.3 is 15.3 Å². The number of hydrogen-bond donors (Lipinski definition) is 2. The first-order valence-electron chi connectivity index (χ1n) is 9.62. The quantitative estimate of drug-likeness (QED) is 0.488. The number of aliphatic carboxylic acids is 1. The fraction of sp³-hybridized carbons (Fsp3) is 0.130. The van der Waals surface area contributed by atoms with E-state index in [-0.39, 0.29) is 22.0 Å². The molecule has 3 rings (SSSR count). The molecule has 0 bridgehead atoms. The van der Waals surface area contributed by atoms with Crippen molar-refractivity contribution in [3.8, 4) is 0 Å². The molecule has 9 heteroatoms. The van der Waals surface area contributed by atoms with Crippen molar-refractivity contribution in [1.82, 2.24) is 15.3 Å². The zero-order valence-corrected chi connectivity index (χ0v) is 18.6. The van der Waals surface area contributed by atoms with Crippen LogP contribution in [0, 0.1) is 0 Å². The third-order valence-corrected chi connectivity index (χ3v) is 5.24.